The average molecular weight is 190 g/mol. The highest BCUT2D eigenvalue weighted by molar-refractivity contribution is 5.74. The average Bonchev–Trinajstić information content (AvgIpc) is 2.47. The zero-order chi connectivity index (χ0) is 9.84. The Morgan fingerprint density at radius 2 is 2.31 bits per heavy atom. The number of hydrogen-bond donors (Lipinski definition) is 1. The minimum atomic E-state index is -0.653. The van der Waals surface area contributed by atoms with Crippen molar-refractivity contribution in [2.75, 3.05) is 20.8 Å². The molecular formula is C8H14O5. The first-order valence-electron chi connectivity index (χ1n) is 4.09. The Balaban J connectivity index is 2.44. The van der Waals surface area contributed by atoms with E-state index in [1.807, 2.05) is 0 Å². The minimum absolute atomic E-state index is 0.278. The van der Waals surface area contributed by atoms with Gasteiger partial charge < -0.3 is 19.3 Å². The molecule has 1 heterocycles. The molecule has 5 heteroatoms. The van der Waals surface area contributed by atoms with Gasteiger partial charge in [0.05, 0.1) is 19.8 Å². The minimum Gasteiger partial charge on any atom is -0.467 e. The zero-order valence-corrected chi connectivity index (χ0v) is 7.73. The van der Waals surface area contributed by atoms with Gasteiger partial charge in [-0.25, -0.2) is 4.79 Å². The lowest BCUT2D eigenvalue weighted by atomic mass is 10.1. The van der Waals surface area contributed by atoms with Gasteiger partial charge in [0.15, 0.2) is 6.10 Å². The van der Waals surface area contributed by atoms with Crippen LogP contribution in [0.5, 0.6) is 0 Å². The van der Waals surface area contributed by atoms with Gasteiger partial charge >= 0.3 is 5.97 Å². The Hall–Kier alpha value is -0.650. The van der Waals surface area contributed by atoms with E-state index in [-0.39, 0.29) is 13.0 Å². The van der Waals surface area contributed by atoms with E-state index in [2.05, 4.69) is 4.74 Å². The molecule has 0 aromatic heterocycles. The highest BCUT2D eigenvalue weighted by atomic mass is 16.6. The molecule has 0 amide bonds. The van der Waals surface area contributed by atoms with Gasteiger partial charge in [-0.05, 0) is 0 Å². The van der Waals surface area contributed by atoms with E-state index >= 15 is 0 Å². The van der Waals surface area contributed by atoms with E-state index in [1.165, 1.54) is 14.2 Å². The molecule has 1 fully saturated rings. The maximum absolute atomic E-state index is 11.0. The van der Waals surface area contributed by atoms with Crippen LogP contribution in [0.3, 0.4) is 0 Å². The molecule has 3 atom stereocenters. The van der Waals surface area contributed by atoms with Gasteiger partial charge in [0, 0.05) is 13.5 Å². The molecule has 0 spiro atoms. The third-order valence-electron chi connectivity index (χ3n) is 2.02. The second kappa shape index (κ2) is 4.55. The zero-order valence-electron chi connectivity index (χ0n) is 7.73. The maximum Gasteiger partial charge on any atom is 0.335 e. The van der Waals surface area contributed by atoms with Gasteiger partial charge in [0.2, 0.25) is 0 Å². The van der Waals surface area contributed by atoms with Crippen molar-refractivity contribution < 1.29 is 24.1 Å². The van der Waals surface area contributed by atoms with Crippen LogP contribution in [0.4, 0.5) is 0 Å². The van der Waals surface area contributed by atoms with Gasteiger partial charge in [-0.15, -0.1) is 0 Å². The molecule has 1 aliphatic rings. The molecule has 0 aromatic carbocycles. The van der Waals surface area contributed by atoms with Gasteiger partial charge in [-0.1, -0.05) is 0 Å². The summed E-state index contributed by atoms with van der Waals surface area (Å²) >= 11 is 0. The molecule has 5 nitrogen and oxygen atoms in total. The SMILES string of the molecule is COCC1O[C@@H](C(=O)OC)C[C@H]1O. The van der Waals surface area contributed by atoms with Crippen LogP contribution in [0.1, 0.15) is 6.42 Å². The van der Waals surface area contributed by atoms with E-state index in [4.69, 9.17) is 9.47 Å². The van der Waals surface area contributed by atoms with Crippen LogP contribution in [0, 0.1) is 0 Å². The van der Waals surface area contributed by atoms with Crippen LogP contribution in [0.25, 0.3) is 0 Å². The van der Waals surface area contributed by atoms with Crippen LogP contribution < -0.4 is 0 Å². The van der Waals surface area contributed by atoms with Gasteiger partial charge in [0.1, 0.15) is 6.10 Å². The number of aliphatic hydroxyl groups excluding tert-OH is 1. The predicted molar refractivity (Wildman–Crippen MR) is 43.2 cm³/mol. The lowest BCUT2D eigenvalue weighted by Crippen LogP contribution is -2.26. The summed E-state index contributed by atoms with van der Waals surface area (Å²) < 4.78 is 14.5. The molecule has 0 saturated carbocycles. The standard InChI is InChI=1S/C8H14O5/c1-11-4-7-5(9)3-6(13-7)8(10)12-2/h5-7,9H,3-4H2,1-2H3/t5-,6-,7?/m1/s1. The first kappa shape index (κ1) is 10.4. The quantitative estimate of drug-likeness (QED) is 0.597. The van der Waals surface area contributed by atoms with Crippen molar-refractivity contribution in [2.45, 2.75) is 24.7 Å². The number of rotatable bonds is 3. The highest BCUT2D eigenvalue weighted by Crippen LogP contribution is 2.21. The Morgan fingerprint density at radius 3 is 2.85 bits per heavy atom. The van der Waals surface area contributed by atoms with Crippen LogP contribution in [0.2, 0.25) is 0 Å². The number of hydrogen-bond acceptors (Lipinski definition) is 5. The molecule has 1 unspecified atom stereocenters. The van der Waals surface area contributed by atoms with E-state index in [0.29, 0.717) is 0 Å². The van der Waals surface area contributed by atoms with Crippen molar-refractivity contribution in [3.63, 3.8) is 0 Å². The fourth-order valence-electron chi connectivity index (χ4n) is 1.33. The summed E-state index contributed by atoms with van der Waals surface area (Å²) in [6.45, 7) is 0.286. The fourth-order valence-corrected chi connectivity index (χ4v) is 1.33. The molecule has 1 rings (SSSR count). The first-order chi connectivity index (χ1) is 6.19. The van der Waals surface area contributed by atoms with Crippen molar-refractivity contribution in [1.82, 2.24) is 0 Å². The Labute approximate surface area is 76.6 Å². The monoisotopic (exact) mass is 190 g/mol. The number of aliphatic hydroxyl groups is 1. The smallest absolute Gasteiger partial charge is 0.335 e. The maximum atomic E-state index is 11.0. The van der Waals surface area contributed by atoms with E-state index in [9.17, 15) is 9.90 Å². The lowest BCUT2D eigenvalue weighted by molar-refractivity contribution is -0.154. The van der Waals surface area contributed by atoms with Crippen LogP contribution in [0.15, 0.2) is 0 Å². The fraction of sp³-hybridized carbons (Fsp3) is 0.875. The van der Waals surface area contributed by atoms with Gasteiger partial charge in [-0.2, -0.15) is 0 Å². The van der Waals surface area contributed by atoms with Crippen molar-refractivity contribution in [3.05, 3.63) is 0 Å². The molecule has 0 radical (unpaired) electrons. The van der Waals surface area contributed by atoms with Crippen LogP contribution >= 0.6 is 0 Å². The number of esters is 1. The van der Waals surface area contributed by atoms with E-state index < -0.39 is 24.3 Å². The molecule has 0 bridgehead atoms. The number of carbonyl (C=O) groups excluding carboxylic acids is 1. The van der Waals surface area contributed by atoms with E-state index in [1.54, 1.807) is 0 Å². The first-order valence-corrected chi connectivity index (χ1v) is 4.09. The summed E-state index contributed by atoms with van der Waals surface area (Å²) in [7, 11) is 2.81. The summed E-state index contributed by atoms with van der Waals surface area (Å²) in [4.78, 5) is 11.0. The van der Waals surface area contributed by atoms with Crippen LogP contribution in [-0.4, -0.2) is 50.2 Å². The van der Waals surface area contributed by atoms with Gasteiger partial charge in [-0.3, -0.25) is 0 Å². The normalized spacial score (nSPS) is 33.3. The van der Waals surface area contributed by atoms with Gasteiger partial charge in [0.25, 0.3) is 0 Å². The third-order valence-corrected chi connectivity index (χ3v) is 2.02. The Morgan fingerprint density at radius 1 is 1.62 bits per heavy atom. The second-order valence-corrected chi connectivity index (χ2v) is 2.94. The largest absolute Gasteiger partial charge is 0.467 e. The van der Waals surface area contributed by atoms with Crippen molar-refractivity contribution in [1.29, 1.82) is 0 Å². The molecule has 13 heavy (non-hydrogen) atoms. The van der Waals surface area contributed by atoms with Crippen molar-refractivity contribution in [3.8, 4) is 0 Å². The summed E-state index contributed by atoms with van der Waals surface area (Å²) in [6, 6.07) is 0. The summed E-state index contributed by atoms with van der Waals surface area (Å²) in [5, 5.41) is 9.42. The number of methoxy groups -OCH3 is 2. The molecule has 1 N–H and O–H groups in total. The molecule has 0 aliphatic carbocycles. The topological polar surface area (TPSA) is 65.0 Å². The summed E-state index contributed by atoms with van der Waals surface area (Å²) in [6.07, 6.45) is -1.45. The molecule has 76 valence electrons. The van der Waals surface area contributed by atoms with Crippen LogP contribution in [-0.2, 0) is 19.0 Å². The molecule has 1 saturated heterocycles. The second-order valence-electron chi connectivity index (χ2n) is 2.94. The predicted octanol–water partition coefficient (Wildman–Crippen LogP) is -0.676. The lowest BCUT2D eigenvalue weighted by Gasteiger charge is -2.12. The summed E-state index contributed by atoms with van der Waals surface area (Å²) in [5.41, 5.74) is 0. The Kier molecular flexibility index (Phi) is 3.65. The van der Waals surface area contributed by atoms with Crippen molar-refractivity contribution in [2.24, 2.45) is 0 Å². The molecule has 0 aromatic rings. The number of ether oxygens (including phenoxy) is 3. The van der Waals surface area contributed by atoms with Crippen molar-refractivity contribution >= 4 is 5.97 Å². The molecule has 1 aliphatic heterocycles. The molecular weight excluding hydrogens is 176 g/mol. The third kappa shape index (κ3) is 2.40. The number of carbonyl (C=O) groups is 1. The Bertz CT molecular complexity index is 181. The summed E-state index contributed by atoms with van der Waals surface area (Å²) in [5.74, 6) is -0.447. The highest BCUT2D eigenvalue weighted by Gasteiger charge is 2.38. The van der Waals surface area contributed by atoms with E-state index in [0.717, 1.165) is 0 Å².